The molecule has 1 amide bonds. The normalized spacial score (nSPS) is 12.5. The van der Waals surface area contributed by atoms with Crippen LogP contribution < -0.4 is 11.1 Å². The molecular weight excluding hydrogens is 301 g/mol. The number of aryl methyl sites for hydroxylation is 1. The first kappa shape index (κ1) is 16.6. The number of hydrogen-bond donors (Lipinski definition) is 2. The van der Waals surface area contributed by atoms with Crippen LogP contribution in [-0.4, -0.2) is 16.9 Å². The lowest BCUT2D eigenvalue weighted by atomic mass is 10.1. The first-order valence-corrected chi connectivity index (χ1v) is 7.94. The minimum atomic E-state index is -0.557. The summed E-state index contributed by atoms with van der Waals surface area (Å²) in [7, 11) is 0. The molecule has 0 radical (unpaired) electrons. The third-order valence-corrected chi connectivity index (χ3v) is 4.33. The highest BCUT2D eigenvalue weighted by molar-refractivity contribution is 7.15. The molecule has 1 heterocycles. The van der Waals surface area contributed by atoms with Gasteiger partial charge in [-0.25, -0.2) is 9.37 Å². The quantitative estimate of drug-likeness (QED) is 0.889. The van der Waals surface area contributed by atoms with Gasteiger partial charge in [0.05, 0.1) is 6.04 Å². The van der Waals surface area contributed by atoms with E-state index in [4.69, 9.17) is 5.73 Å². The van der Waals surface area contributed by atoms with Crippen LogP contribution in [-0.2, 0) is 11.2 Å². The first-order chi connectivity index (χ1) is 10.4. The Balaban J connectivity index is 2.02. The minimum Gasteiger partial charge on any atom is -0.320 e. The topological polar surface area (TPSA) is 68.0 Å². The molecule has 1 aromatic carbocycles. The summed E-state index contributed by atoms with van der Waals surface area (Å²) in [5.41, 5.74) is 7.30. The van der Waals surface area contributed by atoms with E-state index in [1.54, 1.807) is 19.2 Å². The van der Waals surface area contributed by atoms with E-state index < -0.39 is 6.04 Å². The molecule has 0 unspecified atom stereocenters. The second-order valence-corrected chi connectivity index (χ2v) is 6.77. The maximum Gasteiger partial charge on any atom is 0.243 e. The Kier molecular flexibility index (Phi) is 5.26. The zero-order valence-corrected chi connectivity index (χ0v) is 13.7. The van der Waals surface area contributed by atoms with E-state index in [1.165, 1.54) is 17.4 Å². The molecule has 1 atom stereocenters. The third kappa shape index (κ3) is 4.11. The van der Waals surface area contributed by atoms with Crippen molar-refractivity contribution >= 4 is 22.4 Å². The lowest BCUT2D eigenvalue weighted by molar-refractivity contribution is -0.118. The van der Waals surface area contributed by atoms with Gasteiger partial charge in [0.1, 0.15) is 5.82 Å². The molecular formula is C16H20FN3OS. The molecule has 1 aromatic heterocycles. The Labute approximate surface area is 133 Å². The number of carbonyl (C=O) groups is 1. The summed E-state index contributed by atoms with van der Waals surface area (Å²) < 4.78 is 13.5. The van der Waals surface area contributed by atoms with E-state index in [0.717, 1.165) is 10.4 Å². The van der Waals surface area contributed by atoms with Gasteiger partial charge in [-0.05, 0) is 30.0 Å². The number of amides is 1. The number of nitrogens with one attached hydrogen (secondary N) is 1. The van der Waals surface area contributed by atoms with Crippen molar-refractivity contribution in [3.05, 3.63) is 46.2 Å². The van der Waals surface area contributed by atoms with E-state index in [1.807, 2.05) is 19.9 Å². The minimum absolute atomic E-state index is 0.0648. The average molecular weight is 321 g/mol. The Hall–Kier alpha value is -1.79. The van der Waals surface area contributed by atoms with Crippen LogP contribution in [0.2, 0.25) is 0 Å². The Morgan fingerprint density at radius 1 is 1.45 bits per heavy atom. The number of carbonyl (C=O) groups excluding carboxylic acids is 1. The van der Waals surface area contributed by atoms with Gasteiger partial charge in [-0.3, -0.25) is 4.79 Å². The summed E-state index contributed by atoms with van der Waals surface area (Å²) in [4.78, 5) is 17.0. The highest BCUT2D eigenvalue weighted by Gasteiger charge is 2.18. The molecule has 22 heavy (non-hydrogen) atoms. The predicted octanol–water partition coefficient (Wildman–Crippen LogP) is 3.10. The Bertz CT molecular complexity index is 669. The molecule has 118 valence electrons. The molecule has 2 aromatic rings. The lowest BCUT2D eigenvalue weighted by Crippen LogP contribution is -2.39. The van der Waals surface area contributed by atoms with Gasteiger partial charge in [0.2, 0.25) is 5.91 Å². The van der Waals surface area contributed by atoms with Crippen molar-refractivity contribution in [2.45, 2.75) is 33.2 Å². The molecule has 0 bridgehead atoms. The SMILES string of the molecule is Cc1ccc(Cc2cnc(NC(=O)[C@@H](N)C(C)C)s2)cc1F. The second-order valence-electron chi connectivity index (χ2n) is 5.65. The fraction of sp³-hybridized carbons (Fsp3) is 0.375. The lowest BCUT2D eigenvalue weighted by Gasteiger charge is -2.13. The number of rotatable bonds is 5. The van der Waals surface area contributed by atoms with E-state index in [-0.39, 0.29) is 17.6 Å². The van der Waals surface area contributed by atoms with E-state index >= 15 is 0 Å². The van der Waals surface area contributed by atoms with Crippen LogP contribution >= 0.6 is 11.3 Å². The van der Waals surface area contributed by atoms with Crippen LogP contribution in [0.15, 0.2) is 24.4 Å². The molecule has 0 saturated heterocycles. The summed E-state index contributed by atoms with van der Waals surface area (Å²) in [6.07, 6.45) is 2.28. The van der Waals surface area contributed by atoms with E-state index in [9.17, 15) is 9.18 Å². The van der Waals surface area contributed by atoms with Gasteiger partial charge in [0, 0.05) is 17.5 Å². The number of nitrogens with zero attached hydrogens (tertiary/aromatic N) is 1. The van der Waals surface area contributed by atoms with Crippen molar-refractivity contribution in [1.82, 2.24) is 4.98 Å². The smallest absolute Gasteiger partial charge is 0.243 e. The molecule has 4 nitrogen and oxygen atoms in total. The maximum atomic E-state index is 13.5. The van der Waals surface area contributed by atoms with Gasteiger partial charge in [-0.2, -0.15) is 0 Å². The Morgan fingerprint density at radius 2 is 2.18 bits per heavy atom. The van der Waals surface area contributed by atoms with E-state index in [0.29, 0.717) is 17.1 Å². The summed E-state index contributed by atoms with van der Waals surface area (Å²) >= 11 is 1.37. The van der Waals surface area contributed by atoms with Crippen LogP contribution in [0.4, 0.5) is 9.52 Å². The summed E-state index contributed by atoms with van der Waals surface area (Å²) in [5.74, 6) is -0.384. The molecule has 2 rings (SSSR count). The Morgan fingerprint density at radius 3 is 2.82 bits per heavy atom. The average Bonchev–Trinajstić information content (AvgIpc) is 2.89. The first-order valence-electron chi connectivity index (χ1n) is 7.13. The number of thiazole rings is 1. The number of nitrogens with two attached hydrogens (primary N) is 1. The number of anilines is 1. The summed E-state index contributed by atoms with van der Waals surface area (Å²) in [5, 5.41) is 3.24. The van der Waals surface area contributed by atoms with Crippen LogP contribution in [0.3, 0.4) is 0 Å². The van der Waals surface area contributed by atoms with Crippen molar-refractivity contribution in [3.8, 4) is 0 Å². The summed E-state index contributed by atoms with van der Waals surface area (Å²) in [6.45, 7) is 5.52. The highest BCUT2D eigenvalue weighted by Crippen LogP contribution is 2.22. The van der Waals surface area contributed by atoms with E-state index in [2.05, 4.69) is 10.3 Å². The zero-order chi connectivity index (χ0) is 16.3. The number of benzene rings is 1. The zero-order valence-electron chi connectivity index (χ0n) is 12.9. The monoisotopic (exact) mass is 321 g/mol. The van der Waals surface area contributed by atoms with Crippen molar-refractivity contribution < 1.29 is 9.18 Å². The van der Waals surface area contributed by atoms with Crippen molar-refractivity contribution in [2.75, 3.05) is 5.32 Å². The molecule has 0 fully saturated rings. The van der Waals surface area contributed by atoms with Gasteiger partial charge in [0.15, 0.2) is 5.13 Å². The van der Waals surface area contributed by atoms with Gasteiger partial charge in [0.25, 0.3) is 0 Å². The molecule has 0 aliphatic rings. The molecule has 6 heteroatoms. The van der Waals surface area contributed by atoms with Crippen LogP contribution in [0.1, 0.15) is 29.9 Å². The molecule has 0 saturated carbocycles. The molecule has 0 aliphatic heterocycles. The molecule has 3 N–H and O–H groups in total. The highest BCUT2D eigenvalue weighted by atomic mass is 32.1. The number of hydrogen-bond acceptors (Lipinski definition) is 4. The number of aromatic nitrogens is 1. The number of halogens is 1. The fourth-order valence-electron chi connectivity index (χ4n) is 1.89. The van der Waals surface area contributed by atoms with Gasteiger partial charge < -0.3 is 11.1 Å². The van der Waals surface area contributed by atoms with Crippen molar-refractivity contribution in [2.24, 2.45) is 11.7 Å². The summed E-state index contributed by atoms with van der Waals surface area (Å²) in [6, 6.07) is 4.63. The van der Waals surface area contributed by atoms with Gasteiger partial charge in [-0.1, -0.05) is 26.0 Å². The van der Waals surface area contributed by atoms with Crippen molar-refractivity contribution in [3.63, 3.8) is 0 Å². The largest absolute Gasteiger partial charge is 0.320 e. The third-order valence-electron chi connectivity index (χ3n) is 3.42. The second kappa shape index (κ2) is 6.98. The van der Waals surface area contributed by atoms with Gasteiger partial charge in [-0.15, -0.1) is 11.3 Å². The van der Waals surface area contributed by atoms with Crippen molar-refractivity contribution in [1.29, 1.82) is 0 Å². The standard InChI is InChI=1S/C16H20FN3OS/c1-9(2)14(18)15(21)20-16-19-8-12(22-16)6-11-5-4-10(3)13(17)7-11/h4-5,7-9,14H,6,18H2,1-3H3,(H,19,20,21)/t14-/m0/s1. The molecule has 0 spiro atoms. The van der Waals surface area contributed by atoms with Crippen LogP contribution in [0, 0.1) is 18.7 Å². The predicted molar refractivity (Wildman–Crippen MR) is 87.5 cm³/mol. The van der Waals surface area contributed by atoms with Crippen LogP contribution in [0.5, 0.6) is 0 Å². The molecule has 0 aliphatic carbocycles. The van der Waals surface area contributed by atoms with Gasteiger partial charge >= 0.3 is 0 Å². The maximum absolute atomic E-state index is 13.5. The fourth-order valence-corrected chi connectivity index (χ4v) is 2.74. The van der Waals surface area contributed by atoms with Crippen LogP contribution in [0.25, 0.3) is 0 Å².